The highest BCUT2D eigenvalue weighted by Crippen LogP contribution is 2.32. The predicted octanol–water partition coefficient (Wildman–Crippen LogP) is 4.93. The second kappa shape index (κ2) is 11.7. The highest BCUT2D eigenvalue weighted by atomic mass is 35.5. The van der Waals surface area contributed by atoms with Crippen molar-refractivity contribution < 1.29 is 26.4 Å². The first-order valence-corrected chi connectivity index (χ1v) is 15.6. The van der Waals surface area contributed by atoms with Gasteiger partial charge in [0.05, 0.1) is 28.3 Å². The van der Waals surface area contributed by atoms with E-state index in [1.54, 1.807) is 12.1 Å². The van der Waals surface area contributed by atoms with Crippen LogP contribution in [-0.2, 0) is 24.8 Å². The molecule has 1 aliphatic rings. The Morgan fingerprint density at radius 1 is 0.923 bits per heavy atom. The maximum Gasteiger partial charge on any atom is 0.264 e. The molecule has 4 rings (SSSR count). The minimum atomic E-state index is -4.23. The van der Waals surface area contributed by atoms with Crippen LogP contribution in [0.4, 0.5) is 11.4 Å². The summed E-state index contributed by atoms with van der Waals surface area (Å²) in [7, 11) is -6.62. The molecule has 1 saturated heterocycles. The van der Waals surface area contributed by atoms with Gasteiger partial charge in [-0.1, -0.05) is 40.9 Å². The summed E-state index contributed by atoms with van der Waals surface area (Å²) in [6.07, 6.45) is 1.55. The van der Waals surface area contributed by atoms with Gasteiger partial charge < -0.3 is 10.1 Å². The summed E-state index contributed by atoms with van der Waals surface area (Å²) in [5.41, 5.74) is 1.03. The number of nitrogens with zero attached hydrogens (tertiary/aromatic N) is 2. The van der Waals surface area contributed by atoms with Crippen molar-refractivity contribution >= 4 is 60.5 Å². The Hall–Kier alpha value is -2.83. The molecule has 1 aliphatic heterocycles. The molecule has 0 aliphatic carbocycles. The van der Waals surface area contributed by atoms with Crippen LogP contribution in [0.2, 0.25) is 10.0 Å². The van der Waals surface area contributed by atoms with Crippen LogP contribution >= 0.6 is 23.2 Å². The first kappa shape index (κ1) is 29.2. The minimum Gasteiger partial charge on any atom is -0.495 e. The number of aryl methyl sites for hydroxylation is 1. The number of sulfonamides is 2. The van der Waals surface area contributed by atoms with Crippen LogP contribution in [0.1, 0.15) is 18.4 Å². The van der Waals surface area contributed by atoms with E-state index in [0.29, 0.717) is 13.1 Å². The Labute approximate surface area is 238 Å². The van der Waals surface area contributed by atoms with Gasteiger partial charge in [0.2, 0.25) is 15.9 Å². The maximum absolute atomic E-state index is 13.7. The van der Waals surface area contributed by atoms with Crippen LogP contribution in [0.25, 0.3) is 0 Å². The van der Waals surface area contributed by atoms with E-state index in [0.717, 1.165) is 22.7 Å². The SMILES string of the molecule is COc1ccc(S(=O)(=O)N2CCCC2)cc1NC(=O)CN(c1cc(Cl)cc(Cl)c1)S(=O)(=O)c1ccc(C)cc1. The lowest BCUT2D eigenvalue weighted by molar-refractivity contribution is -0.114. The number of carbonyl (C=O) groups is 1. The summed E-state index contributed by atoms with van der Waals surface area (Å²) in [5, 5.41) is 2.98. The fourth-order valence-corrected chi connectivity index (χ4v) is 7.64. The van der Waals surface area contributed by atoms with Gasteiger partial charge >= 0.3 is 0 Å². The molecule has 0 aromatic heterocycles. The fourth-order valence-electron chi connectivity index (χ4n) is 4.18. The van der Waals surface area contributed by atoms with Gasteiger partial charge in [0.1, 0.15) is 12.3 Å². The highest BCUT2D eigenvalue weighted by molar-refractivity contribution is 7.92. The second-order valence-electron chi connectivity index (χ2n) is 8.97. The molecule has 3 aromatic carbocycles. The van der Waals surface area contributed by atoms with Crippen LogP contribution in [0.3, 0.4) is 0 Å². The quantitative estimate of drug-likeness (QED) is 0.367. The second-order valence-corrected chi connectivity index (χ2v) is 13.6. The molecule has 1 N–H and O–H groups in total. The monoisotopic (exact) mass is 611 g/mol. The van der Waals surface area contributed by atoms with Gasteiger partial charge in [-0.25, -0.2) is 16.8 Å². The van der Waals surface area contributed by atoms with Crippen molar-refractivity contribution in [2.24, 2.45) is 0 Å². The maximum atomic E-state index is 13.7. The molecular weight excluding hydrogens is 585 g/mol. The standard InChI is InChI=1S/C26H27Cl2N3O6S2/c1-18-5-7-22(8-6-18)39(35,36)31(21-14-19(27)13-20(28)15-21)17-26(32)29-24-16-23(9-10-25(24)37-2)38(33,34)30-11-3-4-12-30/h5-10,13-16H,3-4,11-12,17H2,1-2H3,(H,29,32). The molecule has 0 spiro atoms. The van der Waals surface area contributed by atoms with Gasteiger partial charge in [-0.3, -0.25) is 9.10 Å². The molecule has 9 nitrogen and oxygen atoms in total. The Kier molecular flexibility index (Phi) is 8.77. The van der Waals surface area contributed by atoms with Gasteiger partial charge in [0.15, 0.2) is 0 Å². The summed E-state index contributed by atoms with van der Waals surface area (Å²) in [6, 6.07) is 14.5. The van der Waals surface area contributed by atoms with E-state index in [1.165, 1.54) is 59.9 Å². The number of amides is 1. The summed E-state index contributed by atoms with van der Waals surface area (Å²) in [5.74, 6) is -0.529. The van der Waals surface area contributed by atoms with Crippen LogP contribution in [-0.4, -0.2) is 53.8 Å². The lowest BCUT2D eigenvalue weighted by Gasteiger charge is -2.25. The zero-order chi connectivity index (χ0) is 28.4. The molecule has 208 valence electrons. The molecule has 0 unspecified atom stereocenters. The fraction of sp³-hybridized carbons (Fsp3) is 0.269. The third kappa shape index (κ3) is 6.50. The predicted molar refractivity (Wildman–Crippen MR) is 152 cm³/mol. The number of hydrogen-bond acceptors (Lipinski definition) is 6. The Morgan fingerprint density at radius 2 is 1.51 bits per heavy atom. The molecular formula is C26H27Cl2N3O6S2. The topological polar surface area (TPSA) is 113 Å². The van der Waals surface area contributed by atoms with Crippen molar-refractivity contribution in [1.29, 1.82) is 0 Å². The van der Waals surface area contributed by atoms with Crippen molar-refractivity contribution in [2.45, 2.75) is 29.6 Å². The van der Waals surface area contributed by atoms with Gasteiger partial charge in [-0.15, -0.1) is 0 Å². The molecule has 1 fully saturated rings. The number of methoxy groups -OCH3 is 1. The van der Waals surface area contributed by atoms with E-state index in [2.05, 4.69) is 5.32 Å². The first-order chi connectivity index (χ1) is 18.4. The summed E-state index contributed by atoms with van der Waals surface area (Å²) in [6.45, 7) is 2.01. The van der Waals surface area contributed by atoms with Crippen molar-refractivity contribution in [3.8, 4) is 5.75 Å². The number of anilines is 2. The van der Waals surface area contributed by atoms with Crippen LogP contribution < -0.4 is 14.4 Å². The highest BCUT2D eigenvalue weighted by Gasteiger charge is 2.30. The number of ether oxygens (including phenoxy) is 1. The largest absolute Gasteiger partial charge is 0.495 e. The lowest BCUT2D eigenvalue weighted by atomic mass is 10.2. The van der Waals surface area contributed by atoms with E-state index < -0.39 is 32.5 Å². The van der Waals surface area contributed by atoms with E-state index in [1.807, 2.05) is 6.92 Å². The zero-order valence-corrected chi connectivity index (χ0v) is 24.4. The number of hydrogen-bond donors (Lipinski definition) is 1. The first-order valence-electron chi connectivity index (χ1n) is 12.0. The van der Waals surface area contributed by atoms with Crippen LogP contribution in [0, 0.1) is 6.92 Å². The number of rotatable bonds is 9. The summed E-state index contributed by atoms with van der Waals surface area (Å²) in [4.78, 5) is 13.2. The molecule has 0 bridgehead atoms. The minimum absolute atomic E-state index is 0.00810. The van der Waals surface area contributed by atoms with Gasteiger partial charge in [-0.05, 0) is 68.3 Å². The molecule has 0 radical (unpaired) electrons. The number of nitrogens with one attached hydrogen (secondary N) is 1. The average molecular weight is 613 g/mol. The number of carbonyl (C=O) groups excluding carboxylic acids is 1. The third-order valence-electron chi connectivity index (χ3n) is 6.18. The average Bonchev–Trinajstić information content (AvgIpc) is 3.43. The van der Waals surface area contributed by atoms with Crippen LogP contribution in [0.15, 0.2) is 70.5 Å². The lowest BCUT2D eigenvalue weighted by Crippen LogP contribution is -2.38. The third-order valence-corrected chi connectivity index (χ3v) is 10.3. The van der Waals surface area contributed by atoms with E-state index in [4.69, 9.17) is 27.9 Å². The van der Waals surface area contributed by atoms with Crippen molar-refractivity contribution in [2.75, 3.05) is 36.4 Å². The van der Waals surface area contributed by atoms with E-state index in [-0.39, 0.29) is 37.0 Å². The normalized spacial score (nSPS) is 14.3. The van der Waals surface area contributed by atoms with Crippen LogP contribution in [0.5, 0.6) is 5.75 Å². The molecule has 13 heteroatoms. The zero-order valence-electron chi connectivity index (χ0n) is 21.2. The molecule has 3 aromatic rings. The molecule has 0 saturated carbocycles. The van der Waals surface area contributed by atoms with Gasteiger partial charge in [0.25, 0.3) is 10.0 Å². The van der Waals surface area contributed by atoms with E-state index >= 15 is 0 Å². The van der Waals surface area contributed by atoms with Crippen molar-refractivity contribution in [1.82, 2.24) is 4.31 Å². The summed E-state index contributed by atoms with van der Waals surface area (Å²) >= 11 is 12.3. The number of halogens is 2. The summed E-state index contributed by atoms with van der Waals surface area (Å²) < 4.78 is 61.1. The van der Waals surface area contributed by atoms with Crippen molar-refractivity contribution in [3.63, 3.8) is 0 Å². The smallest absolute Gasteiger partial charge is 0.264 e. The molecule has 39 heavy (non-hydrogen) atoms. The van der Waals surface area contributed by atoms with Gasteiger partial charge in [0, 0.05) is 23.1 Å². The Bertz CT molecular complexity index is 1570. The Morgan fingerprint density at radius 3 is 2.10 bits per heavy atom. The molecule has 1 amide bonds. The number of benzene rings is 3. The molecule has 1 heterocycles. The van der Waals surface area contributed by atoms with Crippen molar-refractivity contribution in [3.05, 3.63) is 76.3 Å². The molecule has 0 atom stereocenters. The van der Waals surface area contributed by atoms with E-state index in [9.17, 15) is 21.6 Å². The Balaban J connectivity index is 1.68. The van der Waals surface area contributed by atoms with Gasteiger partial charge in [-0.2, -0.15) is 4.31 Å².